The fourth-order valence-corrected chi connectivity index (χ4v) is 6.27. The number of piperidine rings is 1. The van der Waals surface area contributed by atoms with Gasteiger partial charge in [0.2, 0.25) is 27.8 Å². The van der Waals surface area contributed by atoms with Gasteiger partial charge in [0, 0.05) is 28.8 Å². The Hall–Kier alpha value is -3.97. The van der Waals surface area contributed by atoms with Gasteiger partial charge < -0.3 is 25.3 Å². The van der Waals surface area contributed by atoms with E-state index >= 15 is 0 Å². The molecular weight excluding hydrogens is 524 g/mol. The first kappa shape index (κ1) is 26.6. The summed E-state index contributed by atoms with van der Waals surface area (Å²) in [6.07, 6.45) is 3.15. The van der Waals surface area contributed by atoms with Gasteiger partial charge in [-0.2, -0.15) is 0 Å². The largest absolute Gasteiger partial charge is 0.476 e. The average molecular weight is 555 g/mol. The molecule has 1 aromatic carbocycles. The maximum absolute atomic E-state index is 13.8. The molecule has 13 heteroatoms. The first-order chi connectivity index (χ1) is 18.4. The second kappa shape index (κ2) is 9.97. The van der Waals surface area contributed by atoms with Crippen LogP contribution in [0.1, 0.15) is 35.8 Å². The highest BCUT2D eigenvalue weighted by Gasteiger charge is 2.55. The Morgan fingerprint density at radius 1 is 1.18 bits per heavy atom. The topological polar surface area (TPSA) is 180 Å². The zero-order valence-corrected chi connectivity index (χ0v) is 22.3. The third kappa shape index (κ3) is 5.19. The van der Waals surface area contributed by atoms with Crippen LogP contribution in [0.5, 0.6) is 5.75 Å². The highest BCUT2D eigenvalue weighted by molar-refractivity contribution is 7.88. The van der Waals surface area contributed by atoms with Crippen molar-refractivity contribution >= 4 is 44.5 Å². The van der Waals surface area contributed by atoms with Crippen molar-refractivity contribution in [1.82, 2.24) is 14.5 Å². The number of aryl methyl sites for hydroxylation is 1. The number of nitrogens with two attached hydrogens (primary N) is 2. The molecule has 0 spiro atoms. The van der Waals surface area contributed by atoms with Crippen molar-refractivity contribution in [2.75, 3.05) is 11.3 Å². The maximum Gasteiger partial charge on any atom is 0.250 e. The predicted octanol–water partition coefficient (Wildman–Crippen LogP) is 1.33. The summed E-state index contributed by atoms with van der Waals surface area (Å²) in [4.78, 5) is 45.4. The molecule has 4 atom stereocenters. The number of rotatable bonds is 8. The van der Waals surface area contributed by atoms with Crippen molar-refractivity contribution < 1.29 is 27.5 Å². The van der Waals surface area contributed by atoms with Crippen LogP contribution in [0.15, 0.2) is 42.6 Å². The molecular formula is C26H30N6O6S. The lowest BCUT2D eigenvalue weighted by molar-refractivity contribution is -0.141. The normalized spacial score (nSPS) is 22.3. The van der Waals surface area contributed by atoms with Gasteiger partial charge >= 0.3 is 0 Å². The Bertz CT molecular complexity index is 1580. The van der Waals surface area contributed by atoms with Gasteiger partial charge in [-0.25, -0.2) is 18.5 Å². The zero-order chi connectivity index (χ0) is 28.1. The molecule has 3 heterocycles. The fourth-order valence-electron chi connectivity index (χ4n) is 5.97. The van der Waals surface area contributed by atoms with Gasteiger partial charge in [-0.05, 0) is 61.9 Å². The van der Waals surface area contributed by atoms with Crippen LogP contribution >= 0.6 is 0 Å². The molecule has 2 unspecified atom stereocenters. The molecule has 2 aliphatic rings. The minimum Gasteiger partial charge on any atom is -0.476 e. The van der Waals surface area contributed by atoms with Gasteiger partial charge in [-0.15, -0.1) is 0 Å². The standard InChI is InChI=1S/C26H30N6O6S/c1-14-4-3-5-22(29-14)30-26(35)24-17-7-9-20(15(17)2)32(24)23(33)12-31-11-19(25(27)34)18-10-16(6-8-21(18)31)38-13-39(28,36)37/h3-6,8,10-11,15,17,20,24H,7,9,12-13H2,1-2H3,(H2,27,34)(H2,28,36,37)(H,29,30,35)/t15-,17?,20?,24-/m0/s1. The Morgan fingerprint density at radius 3 is 2.64 bits per heavy atom. The third-order valence-electron chi connectivity index (χ3n) is 7.65. The van der Waals surface area contributed by atoms with E-state index in [1.807, 2.05) is 19.1 Å². The number of sulfonamides is 1. The lowest BCUT2D eigenvalue weighted by Crippen LogP contribution is -2.52. The van der Waals surface area contributed by atoms with Crippen molar-refractivity contribution in [2.24, 2.45) is 22.7 Å². The summed E-state index contributed by atoms with van der Waals surface area (Å²) in [5, 5.41) is 8.29. The molecule has 3 amide bonds. The van der Waals surface area contributed by atoms with Gasteiger partial charge in [0.25, 0.3) is 5.91 Å². The molecule has 39 heavy (non-hydrogen) atoms. The number of anilines is 1. The van der Waals surface area contributed by atoms with Crippen molar-refractivity contribution in [3.8, 4) is 5.75 Å². The number of amides is 3. The quantitative estimate of drug-likeness (QED) is 0.376. The Labute approximate surface area is 225 Å². The van der Waals surface area contributed by atoms with Gasteiger partial charge in [0.1, 0.15) is 24.2 Å². The summed E-state index contributed by atoms with van der Waals surface area (Å²) in [5.41, 5.74) is 7.04. The number of nitrogens with one attached hydrogen (secondary N) is 1. The van der Waals surface area contributed by atoms with E-state index in [9.17, 15) is 22.8 Å². The predicted molar refractivity (Wildman–Crippen MR) is 143 cm³/mol. The number of hydrogen-bond donors (Lipinski definition) is 3. The average Bonchev–Trinajstić information content (AvgIpc) is 3.50. The first-order valence-corrected chi connectivity index (χ1v) is 14.3. The van der Waals surface area contributed by atoms with Gasteiger partial charge in [0.05, 0.1) is 5.56 Å². The van der Waals surface area contributed by atoms with Crippen LogP contribution < -0.4 is 20.9 Å². The molecule has 3 aromatic rings. The number of fused-ring (bicyclic) bond motifs is 3. The Balaban J connectivity index is 1.42. The van der Waals surface area contributed by atoms with E-state index in [-0.39, 0.29) is 47.5 Å². The monoisotopic (exact) mass is 554 g/mol. The second-order valence-corrected chi connectivity index (χ2v) is 11.8. The molecule has 1 saturated carbocycles. The molecule has 2 aromatic heterocycles. The maximum atomic E-state index is 13.8. The summed E-state index contributed by atoms with van der Waals surface area (Å²) < 4.78 is 29.4. The number of benzene rings is 1. The van der Waals surface area contributed by atoms with Gasteiger partial charge in [-0.3, -0.25) is 14.4 Å². The smallest absolute Gasteiger partial charge is 0.250 e. The van der Waals surface area contributed by atoms with Crippen LogP contribution in [0.3, 0.4) is 0 Å². The van der Waals surface area contributed by atoms with Crippen molar-refractivity contribution in [3.05, 3.63) is 53.9 Å². The number of likely N-dealkylation sites (tertiary alicyclic amines) is 1. The lowest BCUT2D eigenvalue weighted by atomic mass is 9.93. The number of ether oxygens (including phenoxy) is 1. The molecule has 2 bridgehead atoms. The summed E-state index contributed by atoms with van der Waals surface area (Å²) in [7, 11) is -3.87. The van der Waals surface area contributed by atoms with Crippen LogP contribution in [0.2, 0.25) is 0 Å². The number of pyridine rings is 1. The minimum absolute atomic E-state index is 0.0323. The highest BCUT2D eigenvalue weighted by atomic mass is 32.2. The molecule has 0 radical (unpaired) electrons. The Morgan fingerprint density at radius 2 is 1.95 bits per heavy atom. The summed E-state index contributed by atoms with van der Waals surface area (Å²) >= 11 is 0. The lowest BCUT2D eigenvalue weighted by Gasteiger charge is -2.34. The van der Waals surface area contributed by atoms with E-state index in [0.29, 0.717) is 16.7 Å². The molecule has 12 nitrogen and oxygen atoms in total. The number of primary amides is 1. The zero-order valence-electron chi connectivity index (χ0n) is 21.5. The van der Waals surface area contributed by atoms with Crippen LogP contribution in [0.4, 0.5) is 5.82 Å². The minimum atomic E-state index is -3.87. The Kier molecular flexibility index (Phi) is 6.81. The number of nitrogens with zero attached hydrogens (tertiary/aromatic N) is 3. The number of carbonyl (C=O) groups is 3. The summed E-state index contributed by atoms with van der Waals surface area (Å²) in [6, 6.07) is 9.26. The molecule has 2 fully saturated rings. The number of carbonyl (C=O) groups excluding carboxylic acids is 3. The van der Waals surface area contributed by atoms with E-state index in [2.05, 4.69) is 17.2 Å². The number of hydrogen-bond acceptors (Lipinski definition) is 7. The molecule has 5 rings (SSSR count). The van der Waals surface area contributed by atoms with Gasteiger partial charge in [-0.1, -0.05) is 13.0 Å². The molecule has 1 aliphatic heterocycles. The third-order valence-corrected chi connectivity index (χ3v) is 8.10. The number of primary sulfonamides is 1. The molecule has 5 N–H and O–H groups in total. The molecule has 1 saturated heterocycles. The van der Waals surface area contributed by atoms with Crippen LogP contribution in [-0.4, -0.2) is 58.6 Å². The SMILES string of the molecule is Cc1cccc(NC(=O)[C@@H]2C3CCC([C@H]3C)N2C(=O)Cn2cc(C(N)=O)c3cc(OCS(N)(=O)=O)ccc32)n1. The van der Waals surface area contributed by atoms with Gasteiger partial charge in [0.15, 0.2) is 0 Å². The van der Waals surface area contributed by atoms with Crippen molar-refractivity contribution in [2.45, 2.75) is 45.3 Å². The summed E-state index contributed by atoms with van der Waals surface area (Å²) in [6.45, 7) is 3.78. The van der Waals surface area contributed by atoms with Crippen molar-refractivity contribution in [3.63, 3.8) is 0 Å². The van der Waals surface area contributed by atoms with E-state index in [4.69, 9.17) is 15.6 Å². The molecule has 206 valence electrons. The first-order valence-electron chi connectivity index (χ1n) is 12.5. The number of aromatic nitrogens is 2. The molecule has 1 aliphatic carbocycles. The second-order valence-electron chi connectivity index (χ2n) is 10.2. The van der Waals surface area contributed by atoms with E-state index in [1.54, 1.807) is 21.6 Å². The van der Waals surface area contributed by atoms with Crippen molar-refractivity contribution in [1.29, 1.82) is 0 Å². The van der Waals surface area contributed by atoms with E-state index in [0.717, 1.165) is 18.5 Å². The van der Waals surface area contributed by atoms with Crippen LogP contribution in [0, 0.1) is 18.8 Å². The van der Waals surface area contributed by atoms with Crippen LogP contribution in [0.25, 0.3) is 10.9 Å². The fraction of sp³-hybridized carbons (Fsp3) is 0.385. The van der Waals surface area contributed by atoms with E-state index < -0.39 is 27.9 Å². The van der Waals surface area contributed by atoms with Crippen LogP contribution in [-0.2, 0) is 26.2 Å². The highest BCUT2D eigenvalue weighted by Crippen LogP contribution is 2.47. The summed E-state index contributed by atoms with van der Waals surface area (Å²) in [5.74, 6) is -1.17. The van der Waals surface area contributed by atoms with E-state index in [1.165, 1.54) is 18.3 Å².